The first kappa shape index (κ1) is 22.2. The van der Waals surface area contributed by atoms with Gasteiger partial charge < -0.3 is 4.90 Å². The number of amides is 1. The Hall–Kier alpha value is -3.05. The fraction of sp³-hybridized carbons (Fsp3) is 0.409. The molecule has 3 aromatic rings. The summed E-state index contributed by atoms with van der Waals surface area (Å²) in [5, 5.41) is 10.8. The van der Waals surface area contributed by atoms with Gasteiger partial charge in [-0.25, -0.2) is 15.5 Å². The number of anilines is 1. The van der Waals surface area contributed by atoms with E-state index in [4.69, 9.17) is 16.3 Å². The second-order valence-electron chi connectivity index (χ2n) is 8.27. The Bertz CT molecular complexity index is 1030. The molecule has 0 bridgehead atoms. The molecule has 0 spiro atoms. The van der Waals surface area contributed by atoms with Gasteiger partial charge in [0.15, 0.2) is 0 Å². The lowest BCUT2D eigenvalue weighted by molar-refractivity contribution is -0.132. The number of hydrazine groups is 2. The fourth-order valence-corrected chi connectivity index (χ4v) is 3.90. The minimum Gasteiger partial charge on any atom is -0.340 e. The number of hydrogen-bond donors (Lipinski definition) is 2. The molecule has 0 radical (unpaired) electrons. The second-order valence-corrected chi connectivity index (χ2v) is 8.27. The molecule has 0 unspecified atom stereocenters. The van der Waals surface area contributed by atoms with Crippen molar-refractivity contribution in [3.05, 3.63) is 53.6 Å². The zero-order chi connectivity index (χ0) is 22.5. The summed E-state index contributed by atoms with van der Waals surface area (Å²) in [7, 11) is 1.75. The molecule has 1 aliphatic rings. The van der Waals surface area contributed by atoms with Crippen LogP contribution in [0.3, 0.4) is 0 Å². The van der Waals surface area contributed by atoms with Crippen molar-refractivity contribution in [3.8, 4) is 0 Å². The van der Waals surface area contributed by atoms with E-state index in [-0.39, 0.29) is 5.91 Å². The zero-order valence-electron chi connectivity index (χ0n) is 18.4. The summed E-state index contributed by atoms with van der Waals surface area (Å²) in [4.78, 5) is 17.1. The van der Waals surface area contributed by atoms with Crippen LogP contribution in [0.5, 0.6) is 0 Å². The highest BCUT2D eigenvalue weighted by molar-refractivity contribution is 5.79. The Morgan fingerprint density at radius 2 is 1.69 bits per heavy atom. The molecule has 0 atom stereocenters. The summed E-state index contributed by atoms with van der Waals surface area (Å²) in [5.74, 6) is 11.8. The largest absolute Gasteiger partial charge is 0.340 e. The van der Waals surface area contributed by atoms with Crippen molar-refractivity contribution < 1.29 is 9.42 Å². The highest BCUT2D eigenvalue weighted by atomic mass is 16.6. The number of fused-ring (bicyclic) bond motifs is 1. The molecule has 170 valence electrons. The van der Waals surface area contributed by atoms with Gasteiger partial charge in [-0.3, -0.25) is 20.5 Å². The van der Waals surface area contributed by atoms with Gasteiger partial charge in [-0.2, -0.15) is 0 Å². The first-order valence-corrected chi connectivity index (χ1v) is 10.8. The lowest BCUT2D eigenvalue weighted by atomic mass is 10.1. The molecule has 1 fully saturated rings. The molecule has 1 amide bonds. The molecule has 4 N–H and O–H groups in total. The van der Waals surface area contributed by atoms with Gasteiger partial charge in [-0.1, -0.05) is 18.2 Å². The first-order valence-electron chi connectivity index (χ1n) is 10.8. The summed E-state index contributed by atoms with van der Waals surface area (Å²) < 4.78 is 4.76. The van der Waals surface area contributed by atoms with Crippen molar-refractivity contribution >= 4 is 22.6 Å². The lowest BCUT2D eigenvalue weighted by Crippen LogP contribution is -2.49. The number of benzene rings is 2. The summed E-state index contributed by atoms with van der Waals surface area (Å²) in [6.07, 6.45) is 1.33. The Kier molecular flexibility index (Phi) is 6.96. The smallest absolute Gasteiger partial charge is 0.227 e. The van der Waals surface area contributed by atoms with E-state index < -0.39 is 0 Å². The predicted octanol–water partition coefficient (Wildman–Crippen LogP) is 0.595. The maximum Gasteiger partial charge on any atom is 0.227 e. The van der Waals surface area contributed by atoms with Crippen molar-refractivity contribution in [1.29, 1.82) is 0 Å². The normalized spacial score (nSPS) is 14.9. The molecule has 1 aromatic heterocycles. The van der Waals surface area contributed by atoms with Crippen LogP contribution in [0.25, 0.3) is 11.0 Å². The van der Waals surface area contributed by atoms with E-state index >= 15 is 0 Å². The van der Waals surface area contributed by atoms with E-state index in [9.17, 15) is 4.79 Å². The van der Waals surface area contributed by atoms with Crippen molar-refractivity contribution in [2.24, 2.45) is 11.7 Å². The van der Waals surface area contributed by atoms with Gasteiger partial charge in [0.2, 0.25) is 5.91 Å². The van der Waals surface area contributed by atoms with E-state index in [0.717, 1.165) is 61.4 Å². The van der Waals surface area contributed by atoms with E-state index in [1.54, 1.807) is 12.1 Å². The Morgan fingerprint density at radius 1 is 1.00 bits per heavy atom. The third-order valence-electron chi connectivity index (χ3n) is 5.76. The number of nitrogens with zero attached hydrogens (tertiary/aromatic N) is 6. The molecule has 10 heteroatoms. The van der Waals surface area contributed by atoms with Gasteiger partial charge in [0.1, 0.15) is 11.0 Å². The van der Waals surface area contributed by atoms with E-state index in [1.165, 1.54) is 10.6 Å². The average molecular weight is 439 g/mol. The molecule has 4 rings (SSSR count). The average Bonchev–Trinajstić information content (AvgIpc) is 3.26. The van der Waals surface area contributed by atoms with Crippen LogP contribution in [0.4, 0.5) is 5.69 Å². The maximum absolute atomic E-state index is 12.7. The summed E-state index contributed by atoms with van der Waals surface area (Å²) in [5.41, 5.74) is 4.61. The molecular weight excluding hydrogens is 408 g/mol. The quantitative estimate of drug-likeness (QED) is 0.296. The van der Waals surface area contributed by atoms with Crippen LogP contribution in [0.2, 0.25) is 0 Å². The van der Waals surface area contributed by atoms with E-state index in [2.05, 4.69) is 21.3 Å². The van der Waals surface area contributed by atoms with E-state index in [0.29, 0.717) is 13.1 Å². The molecule has 1 aliphatic heterocycles. The van der Waals surface area contributed by atoms with Crippen LogP contribution in [-0.2, 0) is 17.6 Å². The van der Waals surface area contributed by atoms with Crippen LogP contribution in [0, 0.1) is 0 Å². The van der Waals surface area contributed by atoms with Gasteiger partial charge in [-0.15, -0.1) is 0 Å². The third kappa shape index (κ3) is 5.60. The summed E-state index contributed by atoms with van der Waals surface area (Å²) in [6.45, 7) is 4.63. The van der Waals surface area contributed by atoms with Crippen LogP contribution < -0.4 is 16.7 Å². The molecule has 32 heavy (non-hydrogen) atoms. The number of nitrogens with two attached hydrogens (primary N) is 2. The Morgan fingerprint density at radius 3 is 2.41 bits per heavy atom. The first-order chi connectivity index (χ1) is 15.5. The monoisotopic (exact) mass is 438 g/mol. The fourth-order valence-electron chi connectivity index (χ4n) is 3.90. The van der Waals surface area contributed by atoms with Gasteiger partial charge in [-0.05, 0) is 52.1 Å². The standard InChI is InChI=1S/C22H30N8O2/c1-27(23)16-30(24)19-5-2-17(3-6-19)15-22(31)29-12-10-28(11-13-29)9-8-18-4-7-20-21(14-18)26-32-25-20/h2-7,14H,8-13,15-16,23-24H2,1H3. The number of hydrogen-bond acceptors (Lipinski definition) is 9. The highest BCUT2D eigenvalue weighted by Crippen LogP contribution is 2.15. The summed E-state index contributed by atoms with van der Waals surface area (Å²) in [6, 6.07) is 13.7. The number of aromatic nitrogens is 2. The van der Waals surface area contributed by atoms with Crippen molar-refractivity contribution in [2.45, 2.75) is 12.8 Å². The maximum atomic E-state index is 12.7. The molecular formula is C22H30N8O2. The molecule has 0 saturated carbocycles. The number of piperazine rings is 1. The molecule has 10 nitrogen and oxygen atoms in total. The number of carbonyl (C=O) groups is 1. The predicted molar refractivity (Wildman–Crippen MR) is 122 cm³/mol. The number of carbonyl (C=O) groups excluding carboxylic acids is 1. The third-order valence-corrected chi connectivity index (χ3v) is 5.76. The minimum absolute atomic E-state index is 0.160. The summed E-state index contributed by atoms with van der Waals surface area (Å²) >= 11 is 0. The minimum atomic E-state index is 0.160. The van der Waals surface area contributed by atoms with Gasteiger partial charge in [0, 0.05) is 39.8 Å². The van der Waals surface area contributed by atoms with Crippen LogP contribution in [-0.4, -0.2) is 77.5 Å². The lowest BCUT2D eigenvalue weighted by Gasteiger charge is -2.34. The van der Waals surface area contributed by atoms with Crippen molar-refractivity contribution in [2.75, 3.05) is 51.4 Å². The second kappa shape index (κ2) is 10.0. The molecule has 1 saturated heterocycles. The van der Waals surface area contributed by atoms with Gasteiger partial charge in [0.05, 0.1) is 18.8 Å². The Labute approximate surface area is 187 Å². The van der Waals surface area contributed by atoms with E-state index in [1.807, 2.05) is 41.3 Å². The molecule has 0 aliphatic carbocycles. The molecule has 2 aromatic carbocycles. The van der Waals surface area contributed by atoms with Gasteiger partial charge >= 0.3 is 0 Å². The molecule has 2 heterocycles. The Balaban J connectivity index is 1.22. The van der Waals surface area contributed by atoms with Crippen LogP contribution >= 0.6 is 0 Å². The van der Waals surface area contributed by atoms with Gasteiger partial charge in [0.25, 0.3) is 0 Å². The highest BCUT2D eigenvalue weighted by Gasteiger charge is 2.21. The SMILES string of the molecule is CN(N)CN(N)c1ccc(CC(=O)N2CCN(CCc3ccc4nonc4c3)CC2)cc1. The number of rotatable bonds is 8. The van der Waals surface area contributed by atoms with Crippen molar-refractivity contribution in [1.82, 2.24) is 25.1 Å². The topological polar surface area (TPSA) is 121 Å². The van der Waals surface area contributed by atoms with Crippen molar-refractivity contribution in [3.63, 3.8) is 0 Å². The van der Waals surface area contributed by atoms with Crippen LogP contribution in [0.1, 0.15) is 11.1 Å². The van der Waals surface area contributed by atoms with Crippen LogP contribution in [0.15, 0.2) is 47.1 Å². The zero-order valence-corrected chi connectivity index (χ0v) is 18.4.